The van der Waals surface area contributed by atoms with Crippen molar-refractivity contribution in [1.82, 2.24) is 14.9 Å². The zero-order valence-corrected chi connectivity index (χ0v) is 23.9. The van der Waals surface area contributed by atoms with Gasteiger partial charge in [0.1, 0.15) is 11.5 Å². The number of ether oxygens (including phenoxy) is 2. The maximum Gasteiger partial charge on any atom is 0.573 e. The number of pyridine rings is 1. The third kappa shape index (κ3) is 7.00. The van der Waals surface area contributed by atoms with Crippen molar-refractivity contribution in [3.05, 3.63) is 88.2 Å². The van der Waals surface area contributed by atoms with Gasteiger partial charge in [-0.3, -0.25) is 4.79 Å². The lowest BCUT2D eigenvalue weighted by atomic mass is 9.89. The highest BCUT2D eigenvalue weighted by Crippen LogP contribution is 2.35. The van der Waals surface area contributed by atoms with E-state index in [1.807, 2.05) is 18.2 Å². The lowest BCUT2D eigenvalue weighted by molar-refractivity contribution is -0.274. The summed E-state index contributed by atoms with van der Waals surface area (Å²) >= 11 is 6.65. The van der Waals surface area contributed by atoms with Crippen molar-refractivity contribution < 1.29 is 27.4 Å². The minimum absolute atomic E-state index is 0. The largest absolute Gasteiger partial charge is 0.573 e. The van der Waals surface area contributed by atoms with Crippen LogP contribution in [0.1, 0.15) is 45.9 Å². The molecule has 0 unspecified atom stereocenters. The Kier molecular flexibility index (Phi) is 9.24. The van der Waals surface area contributed by atoms with Crippen LogP contribution in [0.25, 0.3) is 5.52 Å². The fraction of sp³-hybridized carbons (Fsp3) is 0.310. The molecule has 1 fully saturated rings. The smallest absolute Gasteiger partial charge is 0.497 e. The first-order valence-corrected chi connectivity index (χ1v) is 13.2. The molecular formula is C29H29Cl2F3N4O3. The molecule has 12 heteroatoms. The second-order valence-electron chi connectivity index (χ2n) is 9.70. The Balaban J connectivity index is 0.00000387. The van der Waals surface area contributed by atoms with E-state index in [9.17, 15) is 18.0 Å². The third-order valence-corrected chi connectivity index (χ3v) is 7.43. The molecule has 0 atom stereocenters. The van der Waals surface area contributed by atoms with Crippen molar-refractivity contribution in [2.45, 2.75) is 38.6 Å². The van der Waals surface area contributed by atoms with Gasteiger partial charge in [0.25, 0.3) is 5.91 Å². The van der Waals surface area contributed by atoms with Crippen LogP contribution < -0.4 is 19.7 Å². The van der Waals surface area contributed by atoms with Crippen LogP contribution in [-0.4, -0.2) is 42.1 Å². The summed E-state index contributed by atoms with van der Waals surface area (Å²) in [5.41, 5.74) is 4.54. The summed E-state index contributed by atoms with van der Waals surface area (Å²) < 4.78 is 48.2. The molecule has 41 heavy (non-hydrogen) atoms. The van der Waals surface area contributed by atoms with E-state index in [-0.39, 0.29) is 30.0 Å². The van der Waals surface area contributed by atoms with Crippen LogP contribution >= 0.6 is 24.0 Å². The molecule has 1 amide bonds. The van der Waals surface area contributed by atoms with E-state index in [0.29, 0.717) is 34.1 Å². The zero-order chi connectivity index (χ0) is 28.4. The van der Waals surface area contributed by atoms with Gasteiger partial charge in [0.15, 0.2) is 0 Å². The van der Waals surface area contributed by atoms with Gasteiger partial charge in [-0.2, -0.15) is 5.10 Å². The molecule has 218 valence electrons. The zero-order valence-electron chi connectivity index (χ0n) is 22.4. The number of rotatable bonds is 7. The topological polar surface area (TPSA) is 68.1 Å². The summed E-state index contributed by atoms with van der Waals surface area (Å²) in [5, 5.41) is 7.97. The van der Waals surface area contributed by atoms with E-state index in [1.165, 1.54) is 12.1 Å². The van der Waals surface area contributed by atoms with Gasteiger partial charge in [-0.1, -0.05) is 29.8 Å². The number of methoxy groups -OCH3 is 1. The summed E-state index contributed by atoms with van der Waals surface area (Å²) in [6.45, 7) is 3.62. The van der Waals surface area contributed by atoms with E-state index in [2.05, 4.69) is 20.1 Å². The molecule has 0 aliphatic carbocycles. The summed E-state index contributed by atoms with van der Waals surface area (Å²) in [7, 11) is 1.57. The van der Waals surface area contributed by atoms with Crippen LogP contribution in [0, 0.1) is 6.92 Å². The molecule has 0 spiro atoms. The van der Waals surface area contributed by atoms with Crippen LogP contribution in [0.15, 0.2) is 60.8 Å². The number of aromatic nitrogens is 2. The number of alkyl halides is 3. The summed E-state index contributed by atoms with van der Waals surface area (Å²) in [6.07, 6.45) is -1.26. The Morgan fingerprint density at radius 1 is 1.07 bits per heavy atom. The normalized spacial score (nSPS) is 14.0. The van der Waals surface area contributed by atoms with Gasteiger partial charge in [0.2, 0.25) is 0 Å². The first-order valence-electron chi connectivity index (χ1n) is 12.8. The monoisotopic (exact) mass is 608 g/mol. The van der Waals surface area contributed by atoms with Gasteiger partial charge < -0.3 is 19.7 Å². The van der Waals surface area contributed by atoms with Crippen molar-refractivity contribution in [3.63, 3.8) is 0 Å². The molecule has 0 saturated carbocycles. The van der Waals surface area contributed by atoms with Gasteiger partial charge in [0.05, 0.1) is 34.6 Å². The Bertz CT molecular complexity index is 1520. The number of hydrogen-bond acceptors (Lipinski definition) is 5. The highest BCUT2D eigenvalue weighted by molar-refractivity contribution is 6.33. The van der Waals surface area contributed by atoms with E-state index in [4.69, 9.17) is 16.3 Å². The average molecular weight is 609 g/mol. The number of carbonyl (C=O) groups excluding carboxylic acids is 1. The minimum Gasteiger partial charge on any atom is -0.497 e. The predicted octanol–water partition coefficient (Wildman–Crippen LogP) is 6.94. The van der Waals surface area contributed by atoms with Crippen molar-refractivity contribution >= 4 is 41.1 Å². The van der Waals surface area contributed by atoms with Crippen molar-refractivity contribution in [2.24, 2.45) is 0 Å². The molecule has 2 aromatic heterocycles. The average Bonchev–Trinajstić information content (AvgIpc) is 3.26. The van der Waals surface area contributed by atoms with Crippen molar-refractivity contribution in [3.8, 4) is 11.5 Å². The number of aryl methyl sites for hydroxylation is 1. The van der Waals surface area contributed by atoms with E-state index >= 15 is 0 Å². The molecule has 1 aliphatic rings. The highest BCUT2D eigenvalue weighted by atomic mass is 35.5. The maximum atomic E-state index is 13.0. The van der Waals surface area contributed by atoms with E-state index < -0.39 is 6.36 Å². The molecule has 5 rings (SSSR count). The Morgan fingerprint density at radius 2 is 1.78 bits per heavy atom. The first kappa shape index (κ1) is 30.3. The molecule has 2 aromatic carbocycles. The number of nitrogens with one attached hydrogen (secondary N) is 1. The molecule has 0 bridgehead atoms. The van der Waals surface area contributed by atoms with Gasteiger partial charge in [-0.25, -0.2) is 4.52 Å². The lowest BCUT2D eigenvalue weighted by Gasteiger charge is -2.34. The molecule has 1 aliphatic heterocycles. The summed E-state index contributed by atoms with van der Waals surface area (Å²) in [4.78, 5) is 15.2. The number of anilines is 1. The number of nitrogens with zero attached hydrogens (tertiary/aromatic N) is 3. The van der Waals surface area contributed by atoms with E-state index in [0.717, 1.165) is 42.7 Å². The number of halogens is 5. The van der Waals surface area contributed by atoms with Crippen LogP contribution in [0.4, 0.5) is 18.9 Å². The third-order valence-electron chi connectivity index (χ3n) is 7.13. The summed E-state index contributed by atoms with van der Waals surface area (Å²) in [6, 6.07) is 15.4. The number of benzene rings is 2. The molecule has 7 nitrogen and oxygen atoms in total. The van der Waals surface area contributed by atoms with Gasteiger partial charge in [-0.05, 0) is 67.1 Å². The Hall–Kier alpha value is -3.63. The second kappa shape index (κ2) is 12.5. The van der Waals surface area contributed by atoms with Crippen LogP contribution in [0.3, 0.4) is 0 Å². The van der Waals surface area contributed by atoms with Gasteiger partial charge >= 0.3 is 6.36 Å². The molecule has 1 N–H and O–H groups in total. The van der Waals surface area contributed by atoms with Crippen molar-refractivity contribution in [2.75, 3.05) is 25.1 Å². The number of piperidine rings is 1. The standard InChI is InChI=1S/C29H28ClF3N4O3.ClH/c1-18-27(26-16-23(39-2)11-14-37(26)35-18)28(38)34-17-19-3-8-25(24(30)15-19)36-12-9-21(10-13-36)20-4-6-22(7-5-20)40-29(31,32)33;/h3-8,11,14-16,21H,9-10,12-13,17H2,1-2H3,(H,34,38);1H. The van der Waals surface area contributed by atoms with Crippen LogP contribution in [0.5, 0.6) is 11.5 Å². The lowest BCUT2D eigenvalue weighted by Crippen LogP contribution is -2.33. The molecular weight excluding hydrogens is 580 g/mol. The number of fused-ring (bicyclic) bond motifs is 1. The van der Waals surface area contributed by atoms with Crippen molar-refractivity contribution in [1.29, 1.82) is 0 Å². The fourth-order valence-electron chi connectivity index (χ4n) is 5.13. The first-order chi connectivity index (χ1) is 19.1. The molecule has 4 aromatic rings. The van der Waals surface area contributed by atoms with Crippen LogP contribution in [0.2, 0.25) is 5.02 Å². The summed E-state index contributed by atoms with van der Waals surface area (Å²) in [5.74, 6) is 0.431. The SMILES string of the molecule is COc1ccn2nc(C)c(C(=O)NCc3ccc(N4CCC(c5ccc(OC(F)(F)F)cc5)CC4)c(Cl)c3)c2c1.Cl. The van der Waals surface area contributed by atoms with Gasteiger partial charge in [-0.15, -0.1) is 25.6 Å². The van der Waals surface area contributed by atoms with Gasteiger partial charge in [0, 0.05) is 31.9 Å². The fourth-order valence-corrected chi connectivity index (χ4v) is 5.46. The molecule has 0 radical (unpaired) electrons. The maximum absolute atomic E-state index is 13.0. The second-order valence-corrected chi connectivity index (χ2v) is 10.1. The number of carbonyl (C=O) groups is 1. The number of hydrogen-bond donors (Lipinski definition) is 1. The molecule has 3 heterocycles. The number of amides is 1. The highest BCUT2D eigenvalue weighted by Gasteiger charge is 2.31. The minimum atomic E-state index is -4.70. The Labute approximate surface area is 246 Å². The molecule has 1 saturated heterocycles. The van der Waals surface area contributed by atoms with E-state index in [1.54, 1.807) is 49.0 Å². The van der Waals surface area contributed by atoms with Crippen LogP contribution in [-0.2, 0) is 6.54 Å². The predicted molar refractivity (Wildman–Crippen MR) is 154 cm³/mol. The Morgan fingerprint density at radius 3 is 2.41 bits per heavy atom. The quantitative estimate of drug-likeness (QED) is 0.246.